The lowest BCUT2D eigenvalue weighted by molar-refractivity contribution is -0.624. The van der Waals surface area contributed by atoms with Crippen LogP contribution in [0.4, 0.5) is 0 Å². The number of β-amino-alcohol motifs (C(OH)–C–C–N with tert-alkyl or cyclic N) is 1. The van der Waals surface area contributed by atoms with Crippen LogP contribution < -0.4 is 16.0 Å². The van der Waals surface area contributed by atoms with E-state index in [0.29, 0.717) is 38.9 Å². The van der Waals surface area contributed by atoms with Crippen LogP contribution >= 0.6 is 0 Å². The Hall–Kier alpha value is -2.62. The normalized spacial score (nSPS) is 29.5. The number of nitrogens with one attached hydrogen (secondary N) is 2. The van der Waals surface area contributed by atoms with Crippen molar-refractivity contribution in [3.63, 3.8) is 0 Å². The summed E-state index contributed by atoms with van der Waals surface area (Å²) in [5.74, 6) is -0.0316. The minimum Gasteiger partial charge on any atom is -0.392 e. The van der Waals surface area contributed by atoms with Gasteiger partial charge in [-0.1, -0.05) is 54.6 Å². The van der Waals surface area contributed by atoms with Crippen molar-refractivity contribution in [3.05, 3.63) is 71.3 Å². The summed E-state index contributed by atoms with van der Waals surface area (Å²) < 4.78 is 0. The van der Waals surface area contributed by atoms with Crippen LogP contribution in [0.5, 0.6) is 0 Å². The highest BCUT2D eigenvalue weighted by Gasteiger charge is 2.64. The number of nitrogens with two attached hydrogens (primary N) is 1. The van der Waals surface area contributed by atoms with Crippen LogP contribution in [0.1, 0.15) is 62.3 Å². The molecule has 0 aromatic heterocycles. The van der Waals surface area contributed by atoms with Gasteiger partial charge >= 0.3 is 5.91 Å². The van der Waals surface area contributed by atoms with E-state index in [-0.39, 0.29) is 35.4 Å². The van der Waals surface area contributed by atoms with Gasteiger partial charge < -0.3 is 20.8 Å². The number of hydrogen-bond donors (Lipinski definition) is 5. The highest BCUT2D eigenvalue weighted by molar-refractivity contribution is 5.83. The second kappa shape index (κ2) is 11.1. The minimum absolute atomic E-state index is 0.00140. The second-order valence-electron chi connectivity index (χ2n) is 12.7. The number of aliphatic hydroxyl groups excluding tert-OH is 2. The van der Waals surface area contributed by atoms with Gasteiger partial charge in [-0.25, -0.2) is 4.79 Å². The number of rotatable bonds is 8. The van der Waals surface area contributed by atoms with E-state index in [4.69, 9.17) is 0 Å². The first-order valence-corrected chi connectivity index (χ1v) is 14.2. The zero-order valence-corrected chi connectivity index (χ0v) is 23.3. The number of carbonyl (C=O) groups excluding carboxylic acids is 2. The van der Waals surface area contributed by atoms with Crippen LogP contribution in [0.25, 0.3) is 0 Å². The lowest BCUT2D eigenvalue weighted by Crippen LogP contribution is -2.92. The fraction of sp³-hybridized carbons (Fsp3) is 0.548. The molecule has 3 unspecified atom stereocenters. The van der Waals surface area contributed by atoms with Crippen molar-refractivity contribution in [2.24, 2.45) is 5.41 Å². The summed E-state index contributed by atoms with van der Waals surface area (Å²) in [6.07, 6.45) is 0.154. The van der Waals surface area contributed by atoms with Crippen molar-refractivity contribution in [1.29, 1.82) is 0 Å². The highest BCUT2D eigenvalue weighted by atomic mass is 16.3. The Morgan fingerprint density at radius 1 is 1.15 bits per heavy atom. The molecule has 0 radical (unpaired) electrons. The number of benzene rings is 2. The van der Waals surface area contributed by atoms with Gasteiger partial charge in [0.15, 0.2) is 0 Å². The van der Waals surface area contributed by atoms with Gasteiger partial charge in [0.1, 0.15) is 18.2 Å². The molecule has 8 nitrogen and oxygen atoms in total. The van der Waals surface area contributed by atoms with E-state index in [0.717, 1.165) is 23.2 Å². The Bertz CT molecular complexity index is 1180. The zero-order chi connectivity index (χ0) is 27.8. The summed E-state index contributed by atoms with van der Waals surface area (Å²) in [6.45, 7) is 8.14. The molecule has 2 amide bonds. The molecule has 2 aromatic rings. The monoisotopic (exact) mass is 535 g/mol. The Labute approximate surface area is 231 Å². The largest absolute Gasteiger partial charge is 0.392 e. The van der Waals surface area contributed by atoms with Crippen molar-refractivity contribution in [3.8, 4) is 0 Å². The molecule has 0 bridgehead atoms. The van der Waals surface area contributed by atoms with Crippen LogP contribution in [-0.2, 0) is 16.0 Å². The Kier molecular flexibility index (Phi) is 7.95. The summed E-state index contributed by atoms with van der Waals surface area (Å²) in [7, 11) is 0. The van der Waals surface area contributed by atoms with E-state index in [9.17, 15) is 19.8 Å². The van der Waals surface area contributed by atoms with E-state index in [2.05, 4.69) is 22.8 Å². The number of carbonyl (C=O) groups is 2. The number of aliphatic hydroxyl groups is 2. The molecule has 2 aromatic carbocycles. The van der Waals surface area contributed by atoms with Gasteiger partial charge in [-0.15, -0.1) is 0 Å². The fourth-order valence-electron chi connectivity index (χ4n) is 6.59. The maximum absolute atomic E-state index is 14.0. The number of fused-ring (bicyclic) bond motifs is 1. The van der Waals surface area contributed by atoms with Crippen molar-refractivity contribution < 1.29 is 25.1 Å². The Morgan fingerprint density at radius 2 is 1.87 bits per heavy atom. The minimum atomic E-state index is -0.764. The van der Waals surface area contributed by atoms with Gasteiger partial charge in [0.25, 0.3) is 0 Å². The number of piperazine rings is 1. The van der Waals surface area contributed by atoms with Gasteiger partial charge in [-0.3, -0.25) is 15.0 Å². The molecule has 39 heavy (non-hydrogen) atoms. The van der Waals surface area contributed by atoms with E-state index >= 15 is 0 Å². The van der Waals surface area contributed by atoms with Crippen LogP contribution in [-0.4, -0.2) is 76.9 Å². The lowest BCUT2D eigenvalue weighted by Gasteiger charge is -2.38. The first-order chi connectivity index (χ1) is 18.6. The predicted octanol–water partition coefficient (Wildman–Crippen LogP) is 0.848. The van der Waals surface area contributed by atoms with E-state index in [1.54, 1.807) is 5.32 Å². The van der Waals surface area contributed by atoms with E-state index in [1.807, 2.05) is 68.1 Å². The molecule has 8 heteroatoms. The van der Waals surface area contributed by atoms with Crippen LogP contribution in [0.2, 0.25) is 0 Å². The number of primary amides is 1. The molecule has 1 saturated carbocycles. The average Bonchev–Trinajstić information content (AvgIpc) is 3.53. The summed E-state index contributed by atoms with van der Waals surface area (Å²) in [5, 5.41) is 30.3. The maximum atomic E-state index is 14.0. The van der Waals surface area contributed by atoms with Crippen LogP contribution in [0.3, 0.4) is 0 Å². The van der Waals surface area contributed by atoms with Crippen LogP contribution in [0, 0.1) is 5.41 Å². The fourth-order valence-corrected chi connectivity index (χ4v) is 6.59. The standard InChI is InChI=1S/C31H42N4O4/c1-30(2,3)34-28(38)25-18-32-13-14-35(25)19-22(36)16-31(17-24(31)20-9-5-4-6-10-20)29(39)33-27-23-12-8-7-11-21(23)15-26(27)37/h4-12,22,24-27,32,36-37H,13-19H2,1-3H3,(H,33,39)(H,34,38)/p+1/t22-,24?,25-,26+,27?,31?/m0/s1. The number of hydrogen-bond acceptors (Lipinski definition) is 6. The lowest BCUT2D eigenvalue weighted by atomic mass is 9.90. The third-order valence-corrected chi connectivity index (χ3v) is 8.56. The molecule has 2 aliphatic carbocycles. The Balaban J connectivity index is 1.32. The summed E-state index contributed by atoms with van der Waals surface area (Å²) in [5.41, 5.74) is 2.14. The van der Waals surface area contributed by atoms with Crippen molar-refractivity contribution in [2.45, 2.75) is 75.8 Å². The third-order valence-electron chi connectivity index (χ3n) is 8.56. The van der Waals surface area contributed by atoms with Gasteiger partial charge in [0.05, 0.1) is 11.5 Å². The molecule has 3 aliphatic rings. The molecule has 1 heterocycles. The predicted molar refractivity (Wildman–Crippen MR) is 149 cm³/mol. The third kappa shape index (κ3) is 6.10. The molecule has 5 rings (SSSR count). The molecule has 1 aliphatic heterocycles. The average molecular weight is 536 g/mol. The van der Waals surface area contributed by atoms with Gasteiger partial charge in [0, 0.05) is 49.6 Å². The summed E-state index contributed by atoms with van der Waals surface area (Å²) in [6, 6.07) is 17.3. The molecule has 6 atom stereocenters. The van der Waals surface area contributed by atoms with Gasteiger partial charge in [-0.2, -0.15) is 0 Å². The Morgan fingerprint density at radius 3 is 2.62 bits per heavy atom. The molecule has 0 spiro atoms. The molecule has 1 saturated heterocycles. The topological polar surface area (TPSA) is 119 Å². The summed E-state index contributed by atoms with van der Waals surface area (Å²) >= 11 is 0. The maximum Gasteiger partial charge on any atom is 0.317 e. The first kappa shape index (κ1) is 27.9. The van der Waals surface area contributed by atoms with Crippen molar-refractivity contribution in [2.75, 3.05) is 26.2 Å². The smallest absolute Gasteiger partial charge is 0.317 e. The number of amides is 2. The van der Waals surface area contributed by atoms with Crippen LogP contribution in [0.15, 0.2) is 54.6 Å². The SMILES string of the molecule is CC(C)(C)NC(=O)[C@@H]1CNCCN1C[C@@H](O)CC1(C(=O)[NH2+]C2c3ccccc3C[C@H]2O)CC1c1ccccc1. The van der Waals surface area contributed by atoms with Crippen molar-refractivity contribution in [1.82, 2.24) is 15.5 Å². The van der Waals surface area contributed by atoms with Gasteiger partial charge in [0.2, 0.25) is 5.91 Å². The molecule has 2 fully saturated rings. The second-order valence-corrected chi connectivity index (χ2v) is 12.7. The zero-order valence-electron chi connectivity index (χ0n) is 23.3. The number of nitrogens with zero attached hydrogens (tertiary/aromatic N) is 1. The highest BCUT2D eigenvalue weighted by Crippen LogP contribution is 2.61. The van der Waals surface area contributed by atoms with E-state index in [1.165, 1.54) is 0 Å². The van der Waals surface area contributed by atoms with E-state index < -0.39 is 17.6 Å². The molecular weight excluding hydrogens is 492 g/mol. The number of quaternary nitrogens is 1. The quantitative estimate of drug-likeness (QED) is 0.342. The summed E-state index contributed by atoms with van der Waals surface area (Å²) in [4.78, 5) is 29.1. The van der Waals surface area contributed by atoms with Gasteiger partial charge in [-0.05, 0) is 44.7 Å². The molecular formula is C31H43N4O4+. The molecule has 6 N–H and O–H groups in total. The van der Waals surface area contributed by atoms with Crippen molar-refractivity contribution >= 4 is 11.8 Å². The first-order valence-electron chi connectivity index (χ1n) is 14.2. The molecule has 210 valence electrons.